The summed E-state index contributed by atoms with van der Waals surface area (Å²) < 4.78 is 0. The lowest BCUT2D eigenvalue weighted by atomic mass is 9.95. The van der Waals surface area contributed by atoms with Gasteiger partial charge in [-0.25, -0.2) is 0 Å². The van der Waals surface area contributed by atoms with E-state index in [1.54, 1.807) is 29.2 Å². The van der Waals surface area contributed by atoms with Gasteiger partial charge in [0.25, 0.3) is 5.91 Å². The van der Waals surface area contributed by atoms with E-state index >= 15 is 0 Å². The maximum absolute atomic E-state index is 13.9. The maximum atomic E-state index is 13.9. The van der Waals surface area contributed by atoms with Crippen LogP contribution in [-0.2, 0) is 0 Å². The van der Waals surface area contributed by atoms with E-state index in [2.05, 4.69) is 12.1 Å². The Balaban J connectivity index is 1.83. The SMILES string of the molecule is NC(=O)c1ccccc1C(=O)N1c2ccccc2-c2ccccc2-c2ccccc21. The average Bonchev–Trinajstić information content (AvgIpc) is 2.92. The molecule has 0 unspecified atom stereocenters. The highest BCUT2D eigenvalue weighted by Crippen LogP contribution is 2.47. The van der Waals surface area contributed by atoms with E-state index in [-0.39, 0.29) is 17.0 Å². The number of fused-ring (bicyclic) bond motifs is 5. The van der Waals surface area contributed by atoms with E-state index in [0.717, 1.165) is 33.6 Å². The molecule has 0 radical (unpaired) electrons. The van der Waals surface area contributed by atoms with Gasteiger partial charge in [-0.3, -0.25) is 14.5 Å². The van der Waals surface area contributed by atoms with Gasteiger partial charge in [0, 0.05) is 11.1 Å². The topological polar surface area (TPSA) is 63.4 Å². The summed E-state index contributed by atoms with van der Waals surface area (Å²) in [5.74, 6) is -0.921. The predicted octanol–water partition coefficient (Wildman–Crippen LogP) is 5.41. The molecule has 30 heavy (non-hydrogen) atoms. The van der Waals surface area contributed by atoms with Crippen LogP contribution < -0.4 is 10.6 Å². The van der Waals surface area contributed by atoms with Crippen LogP contribution in [0.15, 0.2) is 97.1 Å². The van der Waals surface area contributed by atoms with Crippen molar-refractivity contribution in [1.29, 1.82) is 0 Å². The summed E-state index contributed by atoms with van der Waals surface area (Å²) in [5.41, 5.74) is 11.6. The van der Waals surface area contributed by atoms with Gasteiger partial charge in [0.05, 0.1) is 22.5 Å². The number of primary amides is 1. The minimum absolute atomic E-state index is 0.208. The molecule has 5 rings (SSSR count). The van der Waals surface area contributed by atoms with Crippen LogP contribution in [0, 0.1) is 0 Å². The van der Waals surface area contributed by atoms with E-state index in [0.29, 0.717) is 0 Å². The zero-order valence-corrected chi connectivity index (χ0v) is 16.1. The van der Waals surface area contributed by atoms with Gasteiger partial charge >= 0.3 is 0 Å². The first-order valence-electron chi connectivity index (χ1n) is 9.68. The van der Waals surface area contributed by atoms with Crippen LogP contribution in [0.4, 0.5) is 11.4 Å². The Bertz CT molecular complexity index is 1240. The lowest BCUT2D eigenvalue weighted by molar-refractivity contribution is 0.0967. The number of amides is 2. The molecule has 4 aromatic carbocycles. The van der Waals surface area contributed by atoms with Crippen molar-refractivity contribution >= 4 is 23.2 Å². The lowest BCUT2D eigenvalue weighted by Crippen LogP contribution is -2.29. The first-order chi connectivity index (χ1) is 14.7. The van der Waals surface area contributed by atoms with Gasteiger partial charge in [-0.2, -0.15) is 0 Å². The fraction of sp³-hybridized carbons (Fsp3) is 0. The van der Waals surface area contributed by atoms with E-state index < -0.39 is 5.91 Å². The minimum Gasteiger partial charge on any atom is -0.366 e. The molecule has 0 aliphatic carbocycles. The van der Waals surface area contributed by atoms with Crippen molar-refractivity contribution < 1.29 is 9.59 Å². The van der Waals surface area contributed by atoms with Gasteiger partial charge in [-0.05, 0) is 35.4 Å². The summed E-state index contributed by atoms with van der Waals surface area (Å²) >= 11 is 0. The van der Waals surface area contributed by atoms with Gasteiger partial charge in [0.1, 0.15) is 0 Å². The monoisotopic (exact) mass is 390 g/mol. The van der Waals surface area contributed by atoms with E-state index in [9.17, 15) is 9.59 Å². The Hall–Kier alpha value is -4.18. The molecule has 0 fully saturated rings. The number of carbonyl (C=O) groups excluding carboxylic acids is 2. The number of hydrogen-bond donors (Lipinski definition) is 1. The Kier molecular flexibility index (Phi) is 4.18. The van der Waals surface area contributed by atoms with Crippen LogP contribution in [0.1, 0.15) is 20.7 Å². The average molecular weight is 390 g/mol. The van der Waals surface area contributed by atoms with Gasteiger partial charge in [0.15, 0.2) is 0 Å². The molecule has 4 nitrogen and oxygen atoms in total. The van der Waals surface area contributed by atoms with Gasteiger partial charge in [-0.1, -0.05) is 72.8 Å². The van der Waals surface area contributed by atoms with Crippen molar-refractivity contribution in [2.75, 3.05) is 4.90 Å². The molecule has 4 aromatic rings. The second-order valence-electron chi connectivity index (χ2n) is 7.13. The normalized spacial score (nSPS) is 11.7. The zero-order chi connectivity index (χ0) is 20.7. The predicted molar refractivity (Wildman–Crippen MR) is 119 cm³/mol. The Labute approximate surface area is 174 Å². The summed E-state index contributed by atoms with van der Waals surface area (Å²) in [6.07, 6.45) is 0. The van der Waals surface area contributed by atoms with E-state index in [1.807, 2.05) is 60.7 Å². The summed E-state index contributed by atoms with van der Waals surface area (Å²) in [7, 11) is 0. The standard InChI is InChI=1S/C26H18N2O2/c27-25(29)21-13-3-4-14-22(21)26(30)28-23-15-7-5-11-19(23)17-9-1-2-10-18(17)20-12-6-8-16-24(20)28/h1-16H,(H2,27,29). The van der Waals surface area contributed by atoms with Crippen molar-refractivity contribution in [3.05, 3.63) is 108 Å². The number of benzene rings is 4. The summed E-state index contributed by atoms with van der Waals surface area (Å²) in [5, 5.41) is 0. The van der Waals surface area contributed by atoms with Crippen molar-refractivity contribution in [3.63, 3.8) is 0 Å². The third-order valence-electron chi connectivity index (χ3n) is 5.42. The Morgan fingerprint density at radius 2 is 0.933 bits per heavy atom. The summed E-state index contributed by atoms with van der Waals surface area (Å²) in [6, 6.07) is 30.4. The molecular weight excluding hydrogens is 372 g/mol. The number of rotatable bonds is 2. The smallest absolute Gasteiger partial charge is 0.263 e. The first-order valence-corrected chi connectivity index (χ1v) is 9.68. The summed E-state index contributed by atoms with van der Waals surface area (Å²) in [6.45, 7) is 0. The number of nitrogens with zero attached hydrogens (tertiary/aromatic N) is 1. The highest BCUT2D eigenvalue weighted by atomic mass is 16.2. The molecule has 144 valence electrons. The minimum atomic E-state index is -0.626. The molecule has 0 bridgehead atoms. The molecular formula is C26H18N2O2. The number of para-hydroxylation sites is 2. The largest absolute Gasteiger partial charge is 0.366 e. The second-order valence-corrected chi connectivity index (χ2v) is 7.13. The zero-order valence-electron chi connectivity index (χ0n) is 16.1. The quantitative estimate of drug-likeness (QED) is 0.497. The van der Waals surface area contributed by atoms with Crippen LogP contribution in [0.3, 0.4) is 0 Å². The summed E-state index contributed by atoms with van der Waals surface area (Å²) in [4.78, 5) is 27.6. The van der Waals surface area contributed by atoms with Gasteiger partial charge < -0.3 is 5.73 Å². The van der Waals surface area contributed by atoms with Crippen molar-refractivity contribution in [3.8, 4) is 22.3 Å². The molecule has 1 aliphatic rings. The Morgan fingerprint density at radius 3 is 1.43 bits per heavy atom. The molecule has 0 atom stereocenters. The van der Waals surface area contributed by atoms with Gasteiger partial charge in [-0.15, -0.1) is 0 Å². The maximum Gasteiger partial charge on any atom is 0.263 e. The molecule has 0 saturated carbocycles. The molecule has 4 heteroatoms. The van der Waals surface area contributed by atoms with E-state index in [4.69, 9.17) is 5.73 Å². The van der Waals surface area contributed by atoms with E-state index in [1.165, 1.54) is 0 Å². The molecule has 2 amide bonds. The Morgan fingerprint density at radius 1 is 0.533 bits per heavy atom. The molecule has 1 heterocycles. The van der Waals surface area contributed by atoms with Crippen molar-refractivity contribution in [1.82, 2.24) is 0 Å². The number of anilines is 2. The number of hydrogen-bond acceptors (Lipinski definition) is 2. The van der Waals surface area contributed by atoms with Crippen molar-refractivity contribution in [2.24, 2.45) is 5.73 Å². The van der Waals surface area contributed by atoms with Crippen LogP contribution >= 0.6 is 0 Å². The lowest BCUT2D eigenvalue weighted by Gasteiger charge is -2.25. The number of nitrogens with two attached hydrogens (primary N) is 1. The number of carbonyl (C=O) groups is 2. The highest BCUT2D eigenvalue weighted by Gasteiger charge is 2.30. The first kappa shape index (κ1) is 17.9. The van der Waals surface area contributed by atoms with Gasteiger partial charge in [0.2, 0.25) is 5.91 Å². The van der Waals surface area contributed by atoms with Crippen LogP contribution in [-0.4, -0.2) is 11.8 Å². The molecule has 0 spiro atoms. The molecule has 2 N–H and O–H groups in total. The fourth-order valence-corrected chi connectivity index (χ4v) is 4.10. The van der Waals surface area contributed by atoms with Crippen LogP contribution in [0.2, 0.25) is 0 Å². The second kappa shape index (κ2) is 7.01. The third kappa shape index (κ3) is 2.70. The molecule has 1 aliphatic heterocycles. The fourth-order valence-electron chi connectivity index (χ4n) is 4.10. The van der Waals surface area contributed by atoms with Crippen LogP contribution in [0.25, 0.3) is 22.3 Å². The van der Waals surface area contributed by atoms with Crippen LogP contribution in [0.5, 0.6) is 0 Å². The highest BCUT2D eigenvalue weighted by molar-refractivity contribution is 6.19. The molecule has 0 saturated heterocycles. The molecule has 0 aromatic heterocycles. The third-order valence-corrected chi connectivity index (χ3v) is 5.42. The van der Waals surface area contributed by atoms with Crippen molar-refractivity contribution in [2.45, 2.75) is 0 Å².